The van der Waals surface area contributed by atoms with Crippen LogP contribution >= 0.6 is 11.8 Å². The van der Waals surface area contributed by atoms with Crippen LogP contribution in [0.15, 0.2) is 48.5 Å². The summed E-state index contributed by atoms with van der Waals surface area (Å²) >= 11 is 1.83. The van der Waals surface area contributed by atoms with Gasteiger partial charge in [0.25, 0.3) is 5.91 Å². The summed E-state index contributed by atoms with van der Waals surface area (Å²) in [5.41, 5.74) is 3.04. The maximum absolute atomic E-state index is 12.7. The molecule has 1 fully saturated rings. The average Bonchev–Trinajstić information content (AvgIpc) is 3.08. The van der Waals surface area contributed by atoms with Crippen LogP contribution in [0.3, 0.4) is 0 Å². The number of amides is 1. The van der Waals surface area contributed by atoms with E-state index in [1.165, 1.54) is 0 Å². The van der Waals surface area contributed by atoms with Gasteiger partial charge in [0.2, 0.25) is 0 Å². The molecule has 0 aliphatic carbocycles. The van der Waals surface area contributed by atoms with E-state index in [0.29, 0.717) is 0 Å². The molecule has 2 aliphatic rings. The molecule has 2 heterocycles. The first-order valence-electron chi connectivity index (χ1n) is 6.97. The lowest BCUT2D eigenvalue weighted by molar-refractivity contribution is 0.0752. The number of fused-ring (bicyclic) bond motifs is 3. The topological polar surface area (TPSA) is 29.5 Å². The Bertz CT molecular complexity index is 730. The van der Waals surface area contributed by atoms with E-state index in [1.807, 2.05) is 53.1 Å². The Morgan fingerprint density at radius 1 is 1.19 bits per heavy atom. The van der Waals surface area contributed by atoms with Crippen molar-refractivity contribution in [3.63, 3.8) is 0 Å². The highest BCUT2D eigenvalue weighted by Gasteiger charge is 2.54. The molecule has 2 aromatic carbocycles. The minimum atomic E-state index is -0.387. The van der Waals surface area contributed by atoms with E-state index < -0.39 is 0 Å². The van der Waals surface area contributed by atoms with Gasteiger partial charge in [-0.15, -0.1) is 11.8 Å². The molecule has 2 aromatic rings. The zero-order valence-corrected chi connectivity index (χ0v) is 12.5. The predicted octanol–water partition coefficient (Wildman–Crippen LogP) is 3.10. The smallest absolute Gasteiger partial charge is 0.255 e. The third kappa shape index (κ3) is 1.59. The lowest BCUT2D eigenvalue weighted by Crippen LogP contribution is -2.37. The Labute approximate surface area is 127 Å². The first-order valence-corrected chi connectivity index (χ1v) is 7.96. The summed E-state index contributed by atoms with van der Waals surface area (Å²) < 4.78 is 5.36. The predicted molar refractivity (Wildman–Crippen MR) is 83.7 cm³/mol. The number of methoxy groups -OCH3 is 1. The summed E-state index contributed by atoms with van der Waals surface area (Å²) in [4.78, 5) is 14.3. The summed E-state index contributed by atoms with van der Waals surface area (Å²) in [6, 6.07) is 16.0. The first-order chi connectivity index (χ1) is 10.3. The largest absolute Gasteiger partial charge is 0.497 e. The van der Waals surface area contributed by atoms with Gasteiger partial charge in [-0.2, -0.15) is 0 Å². The molecule has 0 bridgehead atoms. The van der Waals surface area contributed by atoms with Crippen molar-refractivity contribution < 1.29 is 9.53 Å². The Morgan fingerprint density at radius 3 is 2.90 bits per heavy atom. The number of ether oxygens (including phenoxy) is 1. The summed E-state index contributed by atoms with van der Waals surface area (Å²) in [7, 11) is 1.67. The lowest BCUT2D eigenvalue weighted by atomic mass is 9.97. The second kappa shape index (κ2) is 4.53. The van der Waals surface area contributed by atoms with Crippen LogP contribution in [0.1, 0.15) is 21.5 Å². The summed E-state index contributed by atoms with van der Waals surface area (Å²) in [6.45, 7) is 0.787. The van der Waals surface area contributed by atoms with E-state index in [-0.39, 0.29) is 10.8 Å². The van der Waals surface area contributed by atoms with Gasteiger partial charge in [-0.05, 0) is 23.8 Å². The van der Waals surface area contributed by atoms with Gasteiger partial charge in [0, 0.05) is 23.4 Å². The van der Waals surface area contributed by atoms with Crippen molar-refractivity contribution in [2.24, 2.45) is 0 Å². The van der Waals surface area contributed by atoms with E-state index in [1.54, 1.807) is 7.11 Å². The standard InChI is InChI=1S/C17H15NO2S/c1-20-13-6-4-5-12(11-13)17-15-8-3-2-7-14(15)16(19)18(17)9-10-21-17/h2-8,11H,9-10H2,1H3/t17-/m1/s1. The maximum Gasteiger partial charge on any atom is 0.255 e. The monoisotopic (exact) mass is 297 g/mol. The van der Waals surface area contributed by atoms with Gasteiger partial charge in [0.05, 0.1) is 7.11 Å². The van der Waals surface area contributed by atoms with Crippen LogP contribution in [0.25, 0.3) is 0 Å². The highest BCUT2D eigenvalue weighted by atomic mass is 32.2. The number of thioether (sulfide) groups is 1. The van der Waals surface area contributed by atoms with Crippen molar-refractivity contribution in [3.8, 4) is 5.75 Å². The number of carbonyl (C=O) groups is 1. The first kappa shape index (κ1) is 12.8. The Morgan fingerprint density at radius 2 is 2.05 bits per heavy atom. The normalized spacial score (nSPS) is 23.1. The van der Waals surface area contributed by atoms with Gasteiger partial charge in [0.15, 0.2) is 0 Å². The molecule has 0 spiro atoms. The van der Waals surface area contributed by atoms with Crippen LogP contribution in [0.5, 0.6) is 5.75 Å². The maximum atomic E-state index is 12.7. The molecule has 0 radical (unpaired) electrons. The molecule has 1 amide bonds. The van der Waals surface area contributed by atoms with Crippen molar-refractivity contribution in [1.29, 1.82) is 0 Å². The van der Waals surface area contributed by atoms with Crippen molar-refractivity contribution in [2.45, 2.75) is 4.87 Å². The molecule has 0 aromatic heterocycles. The van der Waals surface area contributed by atoms with Crippen LogP contribution in [-0.2, 0) is 4.87 Å². The van der Waals surface area contributed by atoms with Gasteiger partial charge < -0.3 is 9.64 Å². The van der Waals surface area contributed by atoms with Crippen LogP contribution < -0.4 is 4.74 Å². The number of benzene rings is 2. The summed E-state index contributed by atoms with van der Waals surface area (Å²) in [6.07, 6.45) is 0. The Balaban J connectivity index is 1.97. The zero-order chi connectivity index (χ0) is 14.4. The molecule has 21 heavy (non-hydrogen) atoms. The molecule has 4 heteroatoms. The molecule has 2 aliphatic heterocycles. The van der Waals surface area contributed by atoms with Gasteiger partial charge in [-0.1, -0.05) is 30.3 Å². The third-order valence-corrected chi connectivity index (χ3v) is 5.72. The number of nitrogens with zero attached hydrogens (tertiary/aromatic N) is 1. The second-order valence-corrected chi connectivity index (χ2v) is 6.51. The quantitative estimate of drug-likeness (QED) is 0.853. The van der Waals surface area contributed by atoms with Crippen LogP contribution in [0.4, 0.5) is 0 Å². The van der Waals surface area contributed by atoms with E-state index in [4.69, 9.17) is 4.74 Å². The van der Waals surface area contributed by atoms with Gasteiger partial charge in [0.1, 0.15) is 10.6 Å². The molecule has 3 nitrogen and oxygen atoms in total. The third-order valence-electron chi connectivity index (χ3n) is 4.23. The highest BCUT2D eigenvalue weighted by molar-refractivity contribution is 8.00. The van der Waals surface area contributed by atoms with E-state index in [0.717, 1.165) is 34.7 Å². The van der Waals surface area contributed by atoms with Crippen LogP contribution in [0, 0.1) is 0 Å². The molecule has 1 saturated heterocycles. The minimum Gasteiger partial charge on any atom is -0.497 e. The highest BCUT2D eigenvalue weighted by Crippen LogP contribution is 2.55. The Hall–Kier alpha value is -1.94. The molecule has 4 rings (SSSR count). The van der Waals surface area contributed by atoms with E-state index in [2.05, 4.69) is 12.1 Å². The molecule has 0 N–H and O–H groups in total. The van der Waals surface area contributed by atoms with E-state index in [9.17, 15) is 4.79 Å². The van der Waals surface area contributed by atoms with Crippen molar-refractivity contribution in [1.82, 2.24) is 4.90 Å². The molecule has 0 unspecified atom stereocenters. The van der Waals surface area contributed by atoms with Crippen molar-refractivity contribution >= 4 is 17.7 Å². The average molecular weight is 297 g/mol. The summed E-state index contributed by atoms with van der Waals surface area (Å²) in [5, 5.41) is 0. The second-order valence-electron chi connectivity index (χ2n) is 5.23. The minimum absolute atomic E-state index is 0.137. The zero-order valence-electron chi connectivity index (χ0n) is 11.7. The lowest BCUT2D eigenvalue weighted by Gasteiger charge is -2.32. The van der Waals surface area contributed by atoms with Crippen LogP contribution in [-0.4, -0.2) is 30.2 Å². The summed E-state index contributed by atoms with van der Waals surface area (Å²) in [5.74, 6) is 1.92. The van der Waals surface area contributed by atoms with Crippen LogP contribution in [0.2, 0.25) is 0 Å². The molecular weight excluding hydrogens is 282 g/mol. The van der Waals surface area contributed by atoms with Crippen molar-refractivity contribution in [2.75, 3.05) is 19.4 Å². The van der Waals surface area contributed by atoms with Gasteiger partial charge in [-0.3, -0.25) is 4.79 Å². The van der Waals surface area contributed by atoms with E-state index >= 15 is 0 Å². The molecule has 106 valence electrons. The fourth-order valence-electron chi connectivity index (χ4n) is 3.33. The molecule has 1 atom stereocenters. The van der Waals surface area contributed by atoms with Gasteiger partial charge >= 0.3 is 0 Å². The molecule has 0 saturated carbocycles. The number of carbonyl (C=O) groups excluding carboxylic acids is 1. The number of rotatable bonds is 2. The Kier molecular flexibility index (Phi) is 2.76. The molecular formula is C17H15NO2S. The number of hydrogen-bond donors (Lipinski definition) is 0. The SMILES string of the molecule is COc1cccc([C@]23SCCN2C(=O)c2ccccc23)c1. The number of hydrogen-bond acceptors (Lipinski definition) is 3. The van der Waals surface area contributed by atoms with Crippen molar-refractivity contribution in [3.05, 3.63) is 65.2 Å². The van der Waals surface area contributed by atoms with Gasteiger partial charge in [-0.25, -0.2) is 0 Å². The fraction of sp³-hybridized carbons (Fsp3) is 0.235. The fourth-order valence-corrected chi connectivity index (χ4v) is 4.85.